The molecule has 5 aromatic rings. The Morgan fingerprint density at radius 3 is 2.56 bits per heavy atom. The number of nitrogens with one attached hydrogen (secondary N) is 2. The summed E-state index contributed by atoms with van der Waals surface area (Å²) in [7, 11) is 1.44. The number of hydrogen-bond acceptors (Lipinski definition) is 5. The molecule has 0 radical (unpaired) electrons. The van der Waals surface area contributed by atoms with Crippen LogP contribution in [0.4, 0.5) is 13.2 Å². The molecule has 4 aromatic heterocycles. The maximum atomic E-state index is 15.3. The molecule has 0 saturated heterocycles. The average Bonchev–Trinajstić information content (AvgIpc) is 3.54. The number of aromatic nitrogens is 5. The van der Waals surface area contributed by atoms with Crippen molar-refractivity contribution in [3.63, 3.8) is 0 Å². The largest absolute Gasteiger partial charge is 0.354 e. The highest BCUT2D eigenvalue weighted by molar-refractivity contribution is 5.92. The molecule has 1 aromatic carbocycles. The van der Waals surface area contributed by atoms with Gasteiger partial charge in [0.15, 0.2) is 17.2 Å². The van der Waals surface area contributed by atoms with Crippen LogP contribution < -0.4 is 10.9 Å². The zero-order valence-corrected chi connectivity index (χ0v) is 18.8. The summed E-state index contributed by atoms with van der Waals surface area (Å²) >= 11 is 0. The van der Waals surface area contributed by atoms with Crippen molar-refractivity contribution in [2.45, 2.75) is 19.6 Å². The van der Waals surface area contributed by atoms with Gasteiger partial charge in [0.2, 0.25) is 5.95 Å². The molecule has 0 unspecified atom stereocenters. The number of nitrogens with zero attached hydrogens (tertiary/aromatic N) is 5. The van der Waals surface area contributed by atoms with Gasteiger partial charge in [-0.05, 0) is 29.3 Å². The quantitative estimate of drug-likeness (QED) is 0.375. The highest BCUT2D eigenvalue weighted by Crippen LogP contribution is 2.29. The third-order valence-electron chi connectivity index (χ3n) is 6.36. The van der Waals surface area contributed by atoms with Crippen molar-refractivity contribution in [3.8, 4) is 5.69 Å². The molecule has 0 fully saturated rings. The second-order valence-corrected chi connectivity index (χ2v) is 8.59. The summed E-state index contributed by atoms with van der Waals surface area (Å²) < 4.78 is 46.4. The van der Waals surface area contributed by atoms with Gasteiger partial charge in [-0.15, -0.1) is 0 Å². The summed E-state index contributed by atoms with van der Waals surface area (Å²) in [6, 6.07) is 6.13. The minimum atomic E-state index is -0.778. The topological polar surface area (TPSA) is 100 Å². The van der Waals surface area contributed by atoms with E-state index in [1.165, 1.54) is 19.2 Å². The van der Waals surface area contributed by atoms with Gasteiger partial charge >= 0.3 is 0 Å². The molecular formula is C24H18F3N7O2. The van der Waals surface area contributed by atoms with Crippen LogP contribution in [0.15, 0.2) is 47.7 Å². The van der Waals surface area contributed by atoms with E-state index in [2.05, 4.69) is 20.4 Å². The number of carbonyl (C=O) groups is 1. The molecule has 9 nitrogen and oxygen atoms in total. The Balaban J connectivity index is 1.24. The predicted octanol–water partition coefficient (Wildman–Crippen LogP) is 2.65. The minimum absolute atomic E-state index is 0.0122. The summed E-state index contributed by atoms with van der Waals surface area (Å²) in [6.07, 6.45) is 4.49. The van der Waals surface area contributed by atoms with Crippen LogP contribution in [-0.2, 0) is 19.6 Å². The lowest BCUT2D eigenvalue weighted by Gasteiger charge is -2.17. The van der Waals surface area contributed by atoms with Crippen molar-refractivity contribution in [1.29, 1.82) is 0 Å². The van der Waals surface area contributed by atoms with E-state index in [1.807, 2.05) is 4.90 Å². The summed E-state index contributed by atoms with van der Waals surface area (Å²) in [4.78, 5) is 32.1. The molecule has 12 heteroatoms. The zero-order chi connectivity index (χ0) is 25.1. The Bertz CT molecular complexity index is 1730. The first kappa shape index (κ1) is 22.0. The Morgan fingerprint density at radius 2 is 1.86 bits per heavy atom. The van der Waals surface area contributed by atoms with Crippen LogP contribution in [0.3, 0.4) is 0 Å². The maximum Gasteiger partial charge on any atom is 0.277 e. The molecule has 0 bridgehead atoms. The lowest BCUT2D eigenvalue weighted by Crippen LogP contribution is -2.20. The molecule has 0 atom stereocenters. The van der Waals surface area contributed by atoms with Gasteiger partial charge in [0.1, 0.15) is 16.9 Å². The molecule has 1 aliphatic rings. The van der Waals surface area contributed by atoms with E-state index in [4.69, 9.17) is 0 Å². The molecule has 0 spiro atoms. The number of pyridine rings is 1. The van der Waals surface area contributed by atoms with Gasteiger partial charge in [-0.3, -0.25) is 14.5 Å². The van der Waals surface area contributed by atoms with E-state index < -0.39 is 29.0 Å². The molecule has 0 saturated carbocycles. The molecule has 182 valence electrons. The third-order valence-corrected chi connectivity index (χ3v) is 6.36. The molecule has 1 amide bonds. The highest BCUT2D eigenvalue weighted by Gasteiger charge is 2.24. The lowest BCUT2D eigenvalue weighted by atomic mass is 10.1. The van der Waals surface area contributed by atoms with Crippen LogP contribution in [0.1, 0.15) is 27.2 Å². The average molecular weight is 493 g/mol. The molecule has 1 aliphatic heterocycles. The van der Waals surface area contributed by atoms with Crippen molar-refractivity contribution in [2.75, 3.05) is 7.05 Å². The smallest absolute Gasteiger partial charge is 0.277 e. The maximum absolute atomic E-state index is 15.3. The first-order valence-corrected chi connectivity index (χ1v) is 11.0. The number of aromatic amines is 1. The number of amides is 1. The zero-order valence-electron chi connectivity index (χ0n) is 18.8. The molecule has 6 rings (SSSR count). The van der Waals surface area contributed by atoms with Crippen LogP contribution in [0.2, 0.25) is 0 Å². The van der Waals surface area contributed by atoms with Gasteiger partial charge in [0.25, 0.3) is 11.5 Å². The Kier molecular flexibility index (Phi) is 4.93. The third kappa shape index (κ3) is 3.37. The first-order chi connectivity index (χ1) is 17.3. The van der Waals surface area contributed by atoms with Crippen molar-refractivity contribution < 1.29 is 18.0 Å². The van der Waals surface area contributed by atoms with Gasteiger partial charge < -0.3 is 14.9 Å². The summed E-state index contributed by atoms with van der Waals surface area (Å²) in [5, 5.41) is 6.26. The Labute approximate surface area is 200 Å². The van der Waals surface area contributed by atoms with Crippen LogP contribution in [0.5, 0.6) is 0 Å². The van der Waals surface area contributed by atoms with E-state index in [9.17, 15) is 18.4 Å². The fourth-order valence-corrected chi connectivity index (χ4v) is 4.64. The fourth-order valence-electron chi connectivity index (χ4n) is 4.64. The predicted molar refractivity (Wildman–Crippen MR) is 123 cm³/mol. The number of carbonyl (C=O) groups excluding carboxylic acids is 1. The molecule has 0 aliphatic carbocycles. The van der Waals surface area contributed by atoms with Gasteiger partial charge in [-0.25, -0.2) is 18.3 Å². The highest BCUT2D eigenvalue weighted by atomic mass is 19.1. The molecular weight excluding hydrogens is 475 g/mol. The van der Waals surface area contributed by atoms with Crippen molar-refractivity contribution >= 4 is 22.5 Å². The summed E-state index contributed by atoms with van der Waals surface area (Å²) in [5.74, 6) is -2.62. The van der Waals surface area contributed by atoms with Crippen LogP contribution in [0, 0.1) is 17.6 Å². The number of H-pyrrole nitrogens is 1. The van der Waals surface area contributed by atoms with Gasteiger partial charge in [0, 0.05) is 44.6 Å². The van der Waals surface area contributed by atoms with Gasteiger partial charge in [0.05, 0.1) is 11.7 Å². The number of rotatable bonds is 4. The number of benzene rings is 1. The van der Waals surface area contributed by atoms with Crippen molar-refractivity contribution in [3.05, 3.63) is 93.2 Å². The number of fused-ring (bicyclic) bond motifs is 4. The number of halogens is 3. The van der Waals surface area contributed by atoms with Crippen molar-refractivity contribution in [2.24, 2.45) is 0 Å². The van der Waals surface area contributed by atoms with E-state index in [-0.39, 0.29) is 34.5 Å². The fraction of sp³-hybridized carbons (Fsp3) is 0.167. The molecule has 36 heavy (non-hydrogen) atoms. The SMILES string of the molecule is CNC(=O)c1ccc(-n2cc3c(c2)CN(Cc2ccc4c([nH]c(=O)c5c(F)cnn54)c2F)C3)c(F)n1. The van der Waals surface area contributed by atoms with Gasteiger partial charge in [-0.1, -0.05) is 6.07 Å². The summed E-state index contributed by atoms with van der Waals surface area (Å²) in [6.45, 7) is 1.27. The van der Waals surface area contributed by atoms with E-state index in [0.29, 0.717) is 18.7 Å². The van der Waals surface area contributed by atoms with E-state index in [0.717, 1.165) is 21.8 Å². The second-order valence-electron chi connectivity index (χ2n) is 8.59. The standard InChI is InChI=1S/C24H18F3N7O2/c1-28-23(35)16-3-5-18(22(27)30-16)33-10-13-8-32(9-14(13)11-33)7-12-2-4-17-20(19(12)26)31-24(36)21-15(25)6-29-34(17)21/h2-6,10-11H,7-9H2,1H3,(H,28,35)(H,31,36). The minimum Gasteiger partial charge on any atom is -0.354 e. The monoisotopic (exact) mass is 493 g/mol. The Morgan fingerprint density at radius 1 is 1.11 bits per heavy atom. The van der Waals surface area contributed by atoms with E-state index >= 15 is 4.39 Å². The van der Waals surface area contributed by atoms with Crippen molar-refractivity contribution in [1.82, 2.24) is 34.4 Å². The van der Waals surface area contributed by atoms with Crippen LogP contribution in [0.25, 0.3) is 22.2 Å². The van der Waals surface area contributed by atoms with Crippen LogP contribution in [-0.4, -0.2) is 42.0 Å². The molecule has 5 heterocycles. The van der Waals surface area contributed by atoms with Gasteiger partial charge in [-0.2, -0.15) is 9.49 Å². The second kappa shape index (κ2) is 8.05. The first-order valence-electron chi connectivity index (χ1n) is 11.0. The summed E-state index contributed by atoms with van der Waals surface area (Å²) in [5.41, 5.74) is 1.67. The lowest BCUT2D eigenvalue weighted by molar-refractivity contribution is 0.0957. The normalized spacial score (nSPS) is 13.6. The number of hydrogen-bond donors (Lipinski definition) is 2. The van der Waals surface area contributed by atoms with E-state index in [1.54, 1.807) is 29.1 Å². The molecule has 2 N–H and O–H groups in total. The Hall–Kier alpha value is -4.45. The van der Waals surface area contributed by atoms with Crippen LogP contribution >= 0.6 is 0 Å².